The topological polar surface area (TPSA) is 49.8 Å². The molecule has 0 bridgehead atoms. The normalized spacial score (nSPS) is 23.2. The monoisotopic (exact) mass is 637 g/mol. The SMILES string of the molecule is CC(C)(C)[Si](C)(C)O[C@@H](CC(O)c1sccc1I)[C@H]1CCN2C(=O)CC[C@H]2C1.S.S.S. The predicted molar refractivity (Wildman–Crippen MR) is 157 cm³/mol. The Hall–Kier alpha value is 1.09. The van der Waals surface area contributed by atoms with Crippen molar-refractivity contribution in [2.45, 2.75) is 89.3 Å². The van der Waals surface area contributed by atoms with E-state index < -0.39 is 14.4 Å². The van der Waals surface area contributed by atoms with Crippen LogP contribution in [-0.2, 0) is 9.22 Å². The quantitative estimate of drug-likeness (QED) is 0.312. The zero-order valence-electron chi connectivity index (χ0n) is 19.2. The third-order valence-corrected chi connectivity index (χ3v) is 13.8. The average molecular weight is 638 g/mol. The molecule has 31 heavy (non-hydrogen) atoms. The van der Waals surface area contributed by atoms with Gasteiger partial charge in [0.25, 0.3) is 0 Å². The molecule has 1 aromatic heterocycles. The lowest BCUT2D eigenvalue weighted by atomic mass is 9.84. The van der Waals surface area contributed by atoms with Crippen LogP contribution in [0.25, 0.3) is 0 Å². The van der Waals surface area contributed by atoms with Gasteiger partial charge in [0.2, 0.25) is 5.91 Å². The zero-order chi connectivity index (χ0) is 20.7. The number of hydrogen-bond acceptors (Lipinski definition) is 4. The number of aliphatic hydroxyl groups excluding tert-OH is 1. The second kappa shape index (κ2) is 12.7. The Labute approximate surface area is 227 Å². The number of carbonyl (C=O) groups is 1. The number of fused-ring (bicyclic) bond motifs is 1. The number of piperidine rings is 1. The van der Waals surface area contributed by atoms with Crippen LogP contribution in [0.2, 0.25) is 18.1 Å². The molecule has 3 heterocycles. The summed E-state index contributed by atoms with van der Waals surface area (Å²) in [6.07, 6.45) is 3.88. The van der Waals surface area contributed by atoms with Crippen LogP contribution in [0.3, 0.4) is 0 Å². The molecule has 4 nitrogen and oxygen atoms in total. The molecular weight excluding hydrogens is 597 g/mol. The van der Waals surface area contributed by atoms with Gasteiger partial charge in [-0.2, -0.15) is 40.5 Å². The van der Waals surface area contributed by atoms with Crippen molar-refractivity contribution in [2.24, 2.45) is 5.92 Å². The number of rotatable bonds is 6. The average Bonchev–Trinajstić information content (AvgIpc) is 3.19. The van der Waals surface area contributed by atoms with E-state index in [1.54, 1.807) is 11.3 Å². The molecule has 4 atom stereocenters. The maximum atomic E-state index is 12.1. The summed E-state index contributed by atoms with van der Waals surface area (Å²) in [6.45, 7) is 12.3. The van der Waals surface area contributed by atoms with E-state index in [4.69, 9.17) is 4.43 Å². The first-order valence-electron chi connectivity index (χ1n) is 10.4. The van der Waals surface area contributed by atoms with Crippen molar-refractivity contribution in [2.75, 3.05) is 6.54 Å². The lowest BCUT2D eigenvalue weighted by Gasteiger charge is -2.45. The number of thiophene rings is 1. The first-order chi connectivity index (χ1) is 13.0. The molecule has 182 valence electrons. The van der Waals surface area contributed by atoms with Crippen LogP contribution >= 0.6 is 74.4 Å². The van der Waals surface area contributed by atoms with E-state index in [0.29, 0.717) is 30.7 Å². The smallest absolute Gasteiger partial charge is 0.222 e. The molecule has 2 saturated heterocycles. The number of amides is 1. The van der Waals surface area contributed by atoms with Crippen molar-refractivity contribution in [1.29, 1.82) is 0 Å². The van der Waals surface area contributed by atoms with E-state index in [2.05, 4.69) is 67.4 Å². The summed E-state index contributed by atoms with van der Waals surface area (Å²) >= 11 is 3.94. The van der Waals surface area contributed by atoms with Gasteiger partial charge in [0.05, 0.1) is 12.2 Å². The number of aliphatic hydroxyl groups is 1. The van der Waals surface area contributed by atoms with Gasteiger partial charge < -0.3 is 14.4 Å². The summed E-state index contributed by atoms with van der Waals surface area (Å²) in [5, 5.41) is 13.2. The van der Waals surface area contributed by atoms with Gasteiger partial charge in [-0.15, -0.1) is 11.3 Å². The number of hydrogen-bond donors (Lipinski definition) is 1. The molecule has 0 spiro atoms. The number of halogens is 1. The Kier molecular flexibility index (Phi) is 13.1. The molecule has 0 aliphatic carbocycles. The highest BCUT2D eigenvalue weighted by molar-refractivity contribution is 14.1. The molecule has 0 aromatic carbocycles. The summed E-state index contributed by atoms with van der Waals surface area (Å²) in [7, 11) is -1.95. The molecule has 1 unspecified atom stereocenters. The summed E-state index contributed by atoms with van der Waals surface area (Å²) in [5.74, 6) is 0.729. The molecule has 2 aliphatic heterocycles. The zero-order valence-corrected chi connectivity index (χ0v) is 26.2. The Balaban J connectivity index is 0.00000300. The first-order valence-corrected chi connectivity index (χ1v) is 15.2. The van der Waals surface area contributed by atoms with Gasteiger partial charge >= 0.3 is 0 Å². The minimum absolute atomic E-state index is 0. The van der Waals surface area contributed by atoms with Crippen LogP contribution in [0.4, 0.5) is 0 Å². The van der Waals surface area contributed by atoms with Gasteiger partial charge in [0.15, 0.2) is 8.32 Å². The Morgan fingerprint density at radius 3 is 2.48 bits per heavy atom. The van der Waals surface area contributed by atoms with Gasteiger partial charge in [-0.25, -0.2) is 0 Å². The standard InChI is InChI=1S/C21H34INO3SSi.3H2S/c1-21(2,3)28(4,5)26-18(13-17(24)20-16(22)9-11-27-20)14-8-10-23-15(12-14)6-7-19(23)25;;;/h9,11,14-15,17-18,24H,6-8,10,12-13H2,1-5H3;3*1H2/t14-,15-,17?,18-;;;/m0.../s1. The van der Waals surface area contributed by atoms with Crippen LogP contribution in [0.5, 0.6) is 0 Å². The van der Waals surface area contributed by atoms with Crippen LogP contribution in [-0.4, -0.2) is 42.9 Å². The van der Waals surface area contributed by atoms with Crippen molar-refractivity contribution in [3.63, 3.8) is 0 Å². The molecule has 1 N–H and O–H groups in total. The van der Waals surface area contributed by atoms with Crippen LogP contribution < -0.4 is 0 Å². The van der Waals surface area contributed by atoms with Crippen molar-refractivity contribution in [1.82, 2.24) is 4.90 Å². The van der Waals surface area contributed by atoms with Gasteiger partial charge in [-0.1, -0.05) is 20.8 Å². The fourth-order valence-corrected chi connectivity index (χ4v) is 7.57. The van der Waals surface area contributed by atoms with E-state index in [0.717, 1.165) is 34.3 Å². The van der Waals surface area contributed by atoms with Gasteiger partial charge in [-0.3, -0.25) is 4.79 Å². The molecule has 3 rings (SSSR count). The van der Waals surface area contributed by atoms with Crippen LogP contribution in [0, 0.1) is 9.49 Å². The minimum Gasteiger partial charge on any atom is -0.414 e. The highest BCUT2D eigenvalue weighted by Crippen LogP contribution is 2.43. The van der Waals surface area contributed by atoms with E-state index in [1.165, 1.54) is 0 Å². The Morgan fingerprint density at radius 2 is 1.94 bits per heavy atom. The van der Waals surface area contributed by atoms with E-state index in [-0.39, 0.29) is 51.6 Å². The fourth-order valence-electron chi connectivity index (χ4n) is 4.22. The molecule has 2 fully saturated rings. The Bertz CT molecular complexity index is 713. The van der Waals surface area contributed by atoms with E-state index in [9.17, 15) is 9.90 Å². The molecule has 1 amide bonds. The highest BCUT2D eigenvalue weighted by Gasteiger charge is 2.44. The molecule has 10 heteroatoms. The summed E-state index contributed by atoms with van der Waals surface area (Å²) in [5.41, 5.74) is 0. The maximum Gasteiger partial charge on any atom is 0.222 e. The lowest BCUT2D eigenvalue weighted by molar-refractivity contribution is -0.131. The number of nitrogens with zero attached hydrogens (tertiary/aromatic N) is 1. The van der Waals surface area contributed by atoms with Crippen molar-refractivity contribution >= 4 is 88.6 Å². The third-order valence-electron chi connectivity index (χ3n) is 6.95. The summed E-state index contributed by atoms with van der Waals surface area (Å²) in [6, 6.07) is 2.44. The molecule has 1 aromatic rings. The summed E-state index contributed by atoms with van der Waals surface area (Å²) in [4.78, 5) is 15.2. The van der Waals surface area contributed by atoms with Crippen LogP contribution in [0.1, 0.15) is 63.9 Å². The molecule has 0 saturated carbocycles. The minimum atomic E-state index is -1.95. The van der Waals surface area contributed by atoms with E-state index >= 15 is 0 Å². The maximum absolute atomic E-state index is 12.1. The van der Waals surface area contributed by atoms with Crippen LogP contribution in [0.15, 0.2) is 11.4 Å². The highest BCUT2D eigenvalue weighted by atomic mass is 127. The fraction of sp³-hybridized carbons (Fsp3) is 0.762. The first kappa shape index (κ1) is 32.1. The molecule has 0 radical (unpaired) electrons. The van der Waals surface area contributed by atoms with Crippen molar-refractivity contribution in [3.8, 4) is 0 Å². The molecular formula is C21H40INO3S4Si. The number of carbonyl (C=O) groups excluding carboxylic acids is 1. The third kappa shape index (κ3) is 7.53. The van der Waals surface area contributed by atoms with E-state index in [1.807, 2.05) is 5.38 Å². The largest absolute Gasteiger partial charge is 0.414 e. The summed E-state index contributed by atoms with van der Waals surface area (Å²) < 4.78 is 8.04. The van der Waals surface area contributed by atoms with Gasteiger partial charge in [0, 0.05) is 33.9 Å². The Morgan fingerprint density at radius 1 is 1.29 bits per heavy atom. The van der Waals surface area contributed by atoms with Gasteiger partial charge in [-0.05, 0) is 77.3 Å². The van der Waals surface area contributed by atoms with Crippen molar-refractivity contribution in [3.05, 3.63) is 19.9 Å². The van der Waals surface area contributed by atoms with Crippen molar-refractivity contribution < 1.29 is 14.3 Å². The predicted octanol–water partition coefficient (Wildman–Crippen LogP) is 5.91. The lowest BCUT2D eigenvalue weighted by Crippen LogP contribution is -2.49. The second-order valence-corrected chi connectivity index (χ2v) is 16.7. The second-order valence-electron chi connectivity index (χ2n) is 9.86. The van der Waals surface area contributed by atoms with Gasteiger partial charge in [0.1, 0.15) is 0 Å². The molecule has 2 aliphatic rings.